The second kappa shape index (κ2) is 4.73. The minimum Gasteiger partial charge on any atom is -0.0980 e. The molecule has 21 heavy (non-hydrogen) atoms. The molecule has 104 valence electrons. The van der Waals surface area contributed by atoms with Gasteiger partial charge in [-0.05, 0) is 35.8 Å². The van der Waals surface area contributed by atoms with E-state index in [2.05, 4.69) is 79.4 Å². The highest BCUT2D eigenvalue weighted by Crippen LogP contribution is 2.56. The molecule has 0 radical (unpaired) electrons. The van der Waals surface area contributed by atoms with E-state index in [-0.39, 0.29) is 5.41 Å². The quantitative estimate of drug-likeness (QED) is 0.665. The van der Waals surface area contributed by atoms with Crippen LogP contribution in [0.4, 0.5) is 0 Å². The van der Waals surface area contributed by atoms with Crippen LogP contribution < -0.4 is 0 Å². The molecule has 0 unspecified atom stereocenters. The van der Waals surface area contributed by atoms with Gasteiger partial charge >= 0.3 is 0 Å². The molecule has 0 aliphatic heterocycles. The summed E-state index contributed by atoms with van der Waals surface area (Å²) in [6.07, 6.45) is 7.31. The zero-order valence-electron chi connectivity index (χ0n) is 12.2. The van der Waals surface area contributed by atoms with Crippen LogP contribution in [0.3, 0.4) is 0 Å². The Bertz CT molecular complexity index is 639. The highest BCUT2D eigenvalue weighted by atomic mass is 14.5. The maximum Gasteiger partial charge on any atom is 0.0476 e. The molecule has 2 aromatic rings. The average Bonchev–Trinajstić information content (AvgIpc) is 2.58. The van der Waals surface area contributed by atoms with E-state index in [4.69, 9.17) is 0 Å². The van der Waals surface area contributed by atoms with Crippen molar-refractivity contribution < 1.29 is 0 Å². The Hall–Kier alpha value is -2.08. The van der Waals surface area contributed by atoms with Gasteiger partial charge in [-0.3, -0.25) is 0 Å². The summed E-state index contributed by atoms with van der Waals surface area (Å²) in [5, 5.41) is 0. The van der Waals surface area contributed by atoms with Crippen LogP contribution in [-0.2, 0) is 5.41 Å². The molecule has 0 N–H and O–H groups in total. The van der Waals surface area contributed by atoms with Crippen molar-refractivity contribution in [2.75, 3.05) is 0 Å². The lowest BCUT2D eigenvalue weighted by atomic mass is 9.51. The lowest BCUT2D eigenvalue weighted by Crippen LogP contribution is -2.45. The van der Waals surface area contributed by atoms with Crippen molar-refractivity contribution in [2.45, 2.75) is 18.3 Å². The van der Waals surface area contributed by atoms with E-state index in [0.717, 1.165) is 0 Å². The molecule has 2 atom stereocenters. The molecule has 5 rings (SSSR count). The highest BCUT2D eigenvalue weighted by Gasteiger charge is 2.49. The summed E-state index contributed by atoms with van der Waals surface area (Å²) < 4.78 is 0. The number of hydrogen-bond acceptors (Lipinski definition) is 0. The monoisotopic (exact) mass is 272 g/mol. The predicted octanol–water partition coefficient (Wildman–Crippen LogP) is 5.12. The summed E-state index contributed by atoms with van der Waals surface area (Å²) in [5.41, 5.74) is 4.11. The Morgan fingerprint density at radius 1 is 0.762 bits per heavy atom. The standard InChI is InChI=1S/C21H20/c1-16-17-12-14-20(15-13-17)21(16,18-8-4-2-5-9-18)19-10-6-3-7-11-19/h2-12,14,17,20H,1,13,15H2/t17-,20+/m0/s1. The van der Waals surface area contributed by atoms with Crippen molar-refractivity contribution in [3.8, 4) is 0 Å². The molecule has 1 fully saturated rings. The first-order valence-corrected chi connectivity index (χ1v) is 7.82. The fourth-order valence-corrected chi connectivity index (χ4v) is 4.37. The van der Waals surface area contributed by atoms with Crippen molar-refractivity contribution >= 4 is 0 Å². The van der Waals surface area contributed by atoms with Gasteiger partial charge in [-0.1, -0.05) is 85.0 Å². The Morgan fingerprint density at radius 2 is 1.33 bits per heavy atom. The molecule has 0 aromatic heterocycles. The van der Waals surface area contributed by atoms with Crippen LogP contribution in [0.5, 0.6) is 0 Å². The summed E-state index contributed by atoms with van der Waals surface area (Å²) in [6.45, 7) is 4.55. The van der Waals surface area contributed by atoms with E-state index in [0.29, 0.717) is 11.8 Å². The van der Waals surface area contributed by atoms with Gasteiger partial charge in [0.05, 0.1) is 0 Å². The Balaban J connectivity index is 2.01. The van der Waals surface area contributed by atoms with Gasteiger partial charge in [0.25, 0.3) is 0 Å². The average molecular weight is 272 g/mol. The van der Waals surface area contributed by atoms with E-state index in [1.807, 2.05) is 0 Å². The van der Waals surface area contributed by atoms with Crippen LogP contribution in [0.1, 0.15) is 24.0 Å². The van der Waals surface area contributed by atoms with Crippen molar-refractivity contribution in [2.24, 2.45) is 11.8 Å². The predicted molar refractivity (Wildman–Crippen MR) is 88.2 cm³/mol. The number of hydrogen-bond donors (Lipinski definition) is 0. The van der Waals surface area contributed by atoms with E-state index < -0.39 is 0 Å². The lowest BCUT2D eigenvalue weighted by molar-refractivity contribution is 0.295. The number of rotatable bonds is 2. The second-order valence-corrected chi connectivity index (χ2v) is 6.24. The third kappa shape index (κ3) is 1.68. The van der Waals surface area contributed by atoms with Gasteiger partial charge in [0.1, 0.15) is 0 Å². The molecule has 3 aliphatic carbocycles. The highest BCUT2D eigenvalue weighted by molar-refractivity contribution is 5.54. The zero-order chi connectivity index (χ0) is 14.3. The van der Waals surface area contributed by atoms with Gasteiger partial charge in [0, 0.05) is 5.41 Å². The number of benzene rings is 2. The smallest absolute Gasteiger partial charge is 0.0476 e. The molecule has 0 saturated heterocycles. The molecule has 0 amide bonds. The summed E-state index contributed by atoms with van der Waals surface area (Å²) in [4.78, 5) is 0. The summed E-state index contributed by atoms with van der Waals surface area (Å²) in [7, 11) is 0. The third-order valence-electron chi connectivity index (χ3n) is 5.33. The minimum atomic E-state index is -0.0415. The Kier molecular flexibility index (Phi) is 2.85. The third-order valence-corrected chi connectivity index (χ3v) is 5.33. The van der Waals surface area contributed by atoms with Crippen LogP contribution in [-0.4, -0.2) is 0 Å². The number of allylic oxidation sites excluding steroid dienone is 3. The van der Waals surface area contributed by atoms with Crippen molar-refractivity contribution in [3.05, 3.63) is 96.1 Å². The van der Waals surface area contributed by atoms with Gasteiger partial charge in [-0.2, -0.15) is 0 Å². The largest absolute Gasteiger partial charge is 0.0980 e. The first kappa shape index (κ1) is 12.6. The van der Waals surface area contributed by atoms with E-state index in [9.17, 15) is 0 Å². The van der Waals surface area contributed by atoms with Gasteiger partial charge in [-0.25, -0.2) is 0 Å². The van der Waals surface area contributed by atoms with Crippen LogP contribution in [0, 0.1) is 11.8 Å². The summed E-state index contributed by atoms with van der Waals surface area (Å²) >= 11 is 0. The molecule has 3 aliphatic rings. The molecule has 0 spiro atoms. The maximum absolute atomic E-state index is 4.55. The molecular weight excluding hydrogens is 252 g/mol. The van der Waals surface area contributed by atoms with E-state index >= 15 is 0 Å². The number of fused-ring (bicyclic) bond motifs is 2. The van der Waals surface area contributed by atoms with Crippen molar-refractivity contribution in [3.63, 3.8) is 0 Å². The molecule has 2 bridgehead atoms. The van der Waals surface area contributed by atoms with E-state index in [1.165, 1.54) is 29.5 Å². The molecule has 0 heterocycles. The van der Waals surface area contributed by atoms with Crippen LogP contribution in [0.25, 0.3) is 0 Å². The maximum atomic E-state index is 4.55. The van der Waals surface area contributed by atoms with Crippen LogP contribution in [0.15, 0.2) is 85.0 Å². The molecule has 2 aromatic carbocycles. The van der Waals surface area contributed by atoms with Gasteiger partial charge in [0.15, 0.2) is 0 Å². The molecular formula is C21H20. The molecule has 0 heteroatoms. The van der Waals surface area contributed by atoms with Gasteiger partial charge in [-0.15, -0.1) is 0 Å². The summed E-state index contributed by atoms with van der Waals surface area (Å²) in [5.74, 6) is 1.05. The fraction of sp³-hybridized carbons (Fsp3) is 0.238. The van der Waals surface area contributed by atoms with Crippen LogP contribution in [0.2, 0.25) is 0 Å². The first-order valence-electron chi connectivity index (χ1n) is 7.82. The molecule has 1 saturated carbocycles. The Morgan fingerprint density at radius 3 is 1.76 bits per heavy atom. The minimum absolute atomic E-state index is 0.0415. The normalized spacial score (nSPS) is 26.0. The zero-order valence-corrected chi connectivity index (χ0v) is 12.2. The lowest BCUT2D eigenvalue weighted by Gasteiger charge is -2.51. The van der Waals surface area contributed by atoms with Gasteiger partial charge in [0.2, 0.25) is 0 Å². The van der Waals surface area contributed by atoms with Crippen molar-refractivity contribution in [1.29, 1.82) is 0 Å². The summed E-state index contributed by atoms with van der Waals surface area (Å²) in [6, 6.07) is 21.9. The molecule has 0 nitrogen and oxygen atoms in total. The van der Waals surface area contributed by atoms with Crippen molar-refractivity contribution in [1.82, 2.24) is 0 Å². The van der Waals surface area contributed by atoms with Crippen LogP contribution >= 0.6 is 0 Å². The van der Waals surface area contributed by atoms with E-state index in [1.54, 1.807) is 0 Å². The fourth-order valence-electron chi connectivity index (χ4n) is 4.37. The topological polar surface area (TPSA) is 0 Å². The second-order valence-electron chi connectivity index (χ2n) is 6.24. The first-order chi connectivity index (χ1) is 10.3. The Labute approximate surface area is 126 Å². The van der Waals surface area contributed by atoms with Gasteiger partial charge < -0.3 is 0 Å². The SMILES string of the molecule is C=C1[C@H]2C=C[C@H](CC2)C1(c1ccccc1)c1ccccc1.